The Balaban J connectivity index is 1.11. The van der Waals surface area contributed by atoms with Gasteiger partial charge in [0.2, 0.25) is 0 Å². The number of para-hydroxylation sites is 1. The van der Waals surface area contributed by atoms with E-state index in [-0.39, 0.29) is 10.8 Å². The van der Waals surface area contributed by atoms with E-state index in [1.165, 1.54) is 77.9 Å². The number of nitrogens with zero attached hydrogens (tertiary/aromatic N) is 1. The van der Waals surface area contributed by atoms with Crippen LogP contribution in [0.2, 0.25) is 0 Å². The van der Waals surface area contributed by atoms with Gasteiger partial charge in [-0.3, -0.25) is 0 Å². The van der Waals surface area contributed by atoms with Crippen LogP contribution in [0.5, 0.6) is 0 Å². The van der Waals surface area contributed by atoms with Crippen molar-refractivity contribution in [2.24, 2.45) is 0 Å². The summed E-state index contributed by atoms with van der Waals surface area (Å²) in [7, 11) is 0. The molecule has 1 heteroatoms. The average molecular weight is 801 g/mol. The minimum Gasteiger partial charge on any atom is -0.310 e. The topological polar surface area (TPSA) is 3.24 Å². The second-order valence-corrected chi connectivity index (χ2v) is 19.7. The number of rotatable bonds is 5. The lowest BCUT2D eigenvalue weighted by molar-refractivity contribution is 0.588. The molecular formula is C61H53N. The van der Waals surface area contributed by atoms with Crippen molar-refractivity contribution in [3.05, 3.63) is 220 Å². The lowest BCUT2D eigenvalue weighted by Gasteiger charge is -2.34. The predicted molar refractivity (Wildman–Crippen MR) is 260 cm³/mol. The fourth-order valence-corrected chi connectivity index (χ4v) is 11.9. The van der Waals surface area contributed by atoms with Gasteiger partial charge in [0.05, 0.1) is 11.1 Å². The molecule has 0 bridgehead atoms. The number of hydrogen-bond donors (Lipinski definition) is 0. The zero-order valence-electron chi connectivity index (χ0n) is 37.5. The van der Waals surface area contributed by atoms with Crippen LogP contribution in [0.15, 0.2) is 176 Å². The summed E-state index contributed by atoms with van der Waals surface area (Å²) >= 11 is 0. The van der Waals surface area contributed by atoms with Crippen molar-refractivity contribution in [1.29, 1.82) is 0 Å². The zero-order valence-corrected chi connectivity index (χ0v) is 36.5. The fraction of sp³-hybridized carbons (Fsp3) is 0.213. The molecule has 302 valence electrons. The number of anilines is 3. The molecule has 1 nitrogen and oxygen atoms in total. The Morgan fingerprint density at radius 3 is 1.55 bits per heavy atom. The third-order valence-electron chi connectivity index (χ3n) is 15.0. The van der Waals surface area contributed by atoms with Crippen LogP contribution in [0, 0.1) is 0 Å². The van der Waals surface area contributed by atoms with E-state index in [0.717, 1.165) is 53.9 Å². The summed E-state index contributed by atoms with van der Waals surface area (Å²) in [5.41, 5.74) is 23.6. The molecule has 0 radical (unpaired) electrons. The zero-order chi connectivity index (χ0) is 42.9. The first-order chi connectivity index (χ1) is 30.5. The van der Waals surface area contributed by atoms with Gasteiger partial charge in [0.1, 0.15) is 0 Å². The second-order valence-electron chi connectivity index (χ2n) is 19.7. The Morgan fingerprint density at radius 1 is 0.468 bits per heavy atom. The van der Waals surface area contributed by atoms with E-state index in [1.54, 1.807) is 0 Å². The van der Waals surface area contributed by atoms with Crippen molar-refractivity contribution < 1.29 is 1.37 Å². The van der Waals surface area contributed by atoms with Crippen molar-refractivity contribution in [1.82, 2.24) is 0 Å². The molecule has 1 fully saturated rings. The molecule has 62 heavy (non-hydrogen) atoms. The van der Waals surface area contributed by atoms with E-state index in [0.29, 0.717) is 0 Å². The van der Waals surface area contributed by atoms with Crippen LogP contribution >= 0.6 is 0 Å². The average Bonchev–Trinajstić information content (AvgIpc) is 4.03. The molecular weight excluding hydrogens is 747 g/mol. The van der Waals surface area contributed by atoms with Gasteiger partial charge in [0.15, 0.2) is 0 Å². The van der Waals surface area contributed by atoms with Crippen LogP contribution in [0.1, 0.15) is 112 Å². The maximum absolute atomic E-state index is 9.28. The normalized spacial score (nSPS) is 18.4. The minimum absolute atomic E-state index is 0.00807. The molecule has 4 aliphatic rings. The Morgan fingerprint density at radius 2 is 0.935 bits per heavy atom. The molecule has 0 amide bonds. The highest BCUT2D eigenvalue weighted by atomic mass is 15.1. The smallest absolute Gasteiger partial charge is 0.0726 e. The predicted octanol–water partition coefficient (Wildman–Crippen LogP) is 16.4. The third-order valence-corrected chi connectivity index (χ3v) is 15.0. The molecule has 8 aromatic rings. The fourth-order valence-electron chi connectivity index (χ4n) is 11.9. The van der Waals surface area contributed by atoms with Crippen molar-refractivity contribution >= 4 is 17.1 Å². The monoisotopic (exact) mass is 800 g/mol. The molecule has 0 saturated heterocycles. The number of benzene rings is 8. The van der Waals surface area contributed by atoms with Crippen molar-refractivity contribution in [2.45, 2.75) is 82.4 Å². The molecule has 1 atom stereocenters. The van der Waals surface area contributed by atoms with Gasteiger partial charge in [-0.25, -0.2) is 0 Å². The lowest BCUT2D eigenvalue weighted by Crippen LogP contribution is -2.27. The first-order valence-corrected chi connectivity index (χ1v) is 22.7. The molecule has 4 aliphatic carbocycles. The molecule has 1 saturated carbocycles. The van der Waals surface area contributed by atoms with Gasteiger partial charge >= 0.3 is 0 Å². The second kappa shape index (κ2) is 13.5. The molecule has 12 rings (SSSR count). The quantitative estimate of drug-likeness (QED) is 0.168. The summed E-state index contributed by atoms with van der Waals surface area (Å²) in [5, 5.41) is 0. The van der Waals surface area contributed by atoms with Gasteiger partial charge in [-0.05, 0) is 138 Å². The SMILES string of the molecule is [2H]C1(c2ccc(-c3ccccc3N(c3ccc4c(c3)C(C)(C)c3ccccc3-4)c3ccc4c(c3)C3(c5ccccc5-4)c4ccccc4-c4ccc(C(C)(C)C)cc43)cc2)CCCC1. The summed E-state index contributed by atoms with van der Waals surface area (Å²) in [6, 6.07) is 66.9. The first kappa shape index (κ1) is 36.2. The summed E-state index contributed by atoms with van der Waals surface area (Å²) < 4.78 is 9.28. The summed E-state index contributed by atoms with van der Waals surface area (Å²) in [6.45, 7) is 11.7. The molecule has 0 aromatic heterocycles. The van der Waals surface area contributed by atoms with E-state index < -0.39 is 11.3 Å². The van der Waals surface area contributed by atoms with E-state index in [2.05, 4.69) is 215 Å². The van der Waals surface area contributed by atoms with Crippen LogP contribution < -0.4 is 4.90 Å². The standard InChI is InChI=1S/C61H53N/c1-59(2,3)42-30-33-50-47-20-9-13-23-53(47)61(56(50)36-42)54-24-14-10-21-48(54)51-35-32-44(38-57(51)61)62(43-31-34-49-46-19-8-12-22-52(46)60(4,5)55(49)37-43)58-25-15-11-18-45(58)41-28-26-40(27-29-41)39-16-6-7-17-39/h8-15,18-39H,6-7,16-17H2,1-5H3/i39D. The van der Waals surface area contributed by atoms with Crippen LogP contribution in [0.25, 0.3) is 44.5 Å². The molecule has 0 heterocycles. The molecule has 8 aromatic carbocycles. The number of fused-ring (bicyclic) bond motifs is 13. The van der Waals surface area contributed by atoms with Crippen molar-refractivity contribution in [3.8, 4) is 44.5 Å². The first-order valence-electron chi connectivity index (χ1n) is 23.2. The van der Waals surface area contributed by atoms with Crippen LogP contribution in [0.4, 0.5) is 17.1 Å². The van der Waals surface area contributed by atoms with Gasteiger partial charge in [-0.15, -0.1) is 0 Å². The minimum atomic E-state index is -0.484. The van der Waals surface area contributed by atoms with E-state index in [9.17, 15) is 1.37 Å². The Hall–Kier alpha value is -6.44. The van der Waals surface area contributed by atoms with E-state index >= 15 is 0 Å². The van der Waals surface area contributed by atoms with Crippen molar-refractivity contribution in [2.75, 3.05) is 4.90 Å². The maximum Gasteiger partial charge on any atom is 0.0726 e. The summed E-state index contributed by atoms with van der Waals surface area (Å²) in [6.07, 6.45) is 4.14. The van der Waals surface area contributed by atoms with Crippen LogP contribution in [-0.4, -0.2) is 0 Å². The van der Waals surface area contributed by atoms with Crippen LogP contribution in [0.3, 0.4) is 0 Å². The highest BCUT2D eigenvalue weighted by Gasteiger charge is 2.52. The highest BCUT2D eigenvalue weighted by Crippen LogP contribution is 2.64. The molecule has 0 aliphatic heterocycles. The molecule has 1 unspecified atom stereocenters. The Kier molecular flexibility index (Phi) is 7.91. The van der Waals surface area contributed by atoms with Gasteiger partial charge in [-0.1, -0.05) is 193 Å². The Labute approximate surface area is 369 Å². The van der Waals surface area contributed by atoms with Crippen molar-refractivity contribution in [3.63, 3.8) is 0 Å². The van der Waals surface area contributed by atoms with Gasteiger partial charge in [0.25, 0.3) is 0 Å². The lowest BCUT2D eigenvalue weighted by atomic mass is 9.69. The number of hydrogen-bond acceptors (Lipinski definition) is 1. The largest absolute Gasteiger partial charge is 0.310 e. The van der Waals surface area contributed by atoms with Gasteiger partial charge in [-0.2, -0.15) is 0 Å². The van der Waals surface area contributed by atoms with Gasteiger partial charge < -0.3 is 4.90 Å². The van der Waals surface area contributed by atoms with Gasteiger partial charge in [0, 0.05) is 23.7 Å². The van der Waals surface area contributed by atoms with E-state index in [4.69, 9.17) is 0 Å². The summed E-state index contributed by atoms with van der Waals surface area (Å²) in [5.74, 6) is -0.484. The Bertz CT molecular complexity index is 3140. The molecule has 1 spiro atoms. The molecule has 0 N–H and O–H groups in total. The third kappa shape index (κ3) is 5.27. The highest BCUT2D eigenvalue weighted by molar-refractivity contribution is 5.97. The summed E-state index contributed by atoms with van der Waals surface area (Å²) in [4.78, 5) is 2.52. The van der Waals surface area contributed by atoms with E-state index in [1.807, 2.05) is 0 Å². The van der Waals surface area contributed by atoms with Crippen LogP contribution in [-0.2, 0) is 16.2 Å². The maximum atomic E-state index is 9.28.